The Morgan fingerprint density at radius 1 is 1.21 bits per heavy atom. The molecular formula is C17H19F3N4O4. The van der Waals surface area contributed by atoms with Crippen LogP contribution in [0.5, 0.6) is 5.75 Å². The Bertz CT molecular complexity index is 836. The van der Waals surface area contributed by atoms with Gasteiger partial charge in [-0.2, -0.15) is 18.3 Å². The van der Waals surface area contributed by atoms with Crippen LogP contribution in [-0.4, -0.2) is 48.6 Å². The number of hydrogen-bond acceptors (Lipinski definition) is 5. The number of rotatable bonds is 7. The maximum Gasteiger partial charge on any atom is 0.416 e. The number of methoxy groups -OCH3 is 1. The second-order valence-corrected chi connectivity index (χ2v) is 5.44. The molecule has 0 saturated heterocycles. The van der Waals surface area contributed by atoms with Crippen molar-refractivity contribution in [3.8, 4) is 11.4 Å². The summed E-state index contributed by atoms with van der Waals surface area (Å²) in [7, 11) is 1.31. The van der Waals surface area contributed by atoms with E-state index in [0.29, 0.717) is 0 Å². The van der Waals surface area contributed by atoms with Crippen LogP contribution in [0.25, 0.3) is 5.69 Å². The van der Waals surface area contributed by atoms with Gasteiger partial charge in [-0.3, -0.25) is 4.79 Å². The molecule has 0 atom stereocenters. The molecule has 2 rings (SSSR count). The smallest absolute Gasteiger partial charge is 0.416 e. The fourth-order valence-electron chi connectivity index (χ4n) is 2.23. The molecule has 0 saturated carbocycles. The number of ether oxygens (including phenoxy) is 2. The molecule has 28 heavy (non-hydrogen) atoms. The molecule has 1 aromatic carbocycles. The molecule has 152 valence electrons. The van der Waals surface area contributed by atoms with Crippen LogP contribution >= 0.6 is 0 Å². The van der Waals surface area contributed by atoms with Crippen LogP contribution in [0.3, 0.4) is 0 Å². The SMILES string of the molecule is CCOC(=O)NCCNC(=O)c1nn(-c2cccc(C(F)(F)F)c2)cc1OC. The average molecular weight is 400 g/mol. The lowest BCUT2D eigenvalue weighted by Crippen LogP contribution is -2.35. The first kappa shape index (κ1) is 21.1. The van der Waals surface area contributed by atoms with Crippen molar-refractivity contribution in [1.29, 1.82) is 0 Å². The molecule has 2 amide bonds. The Kier molecular flexibility index (Phi) is 6.85. The first-order valence-electron chi connectivity index (χ1n) is 8.26. The minimum absolute atomic E-state index is 0.0910. The van der Waals surface area contributed by atoms with Crippen molar-refractivity contribution >= 4 is 12.0 Å². The van der Waals surface area contributed by atoms with E-state index in [2.05, 4.69) is 20.5 Å². The normalized spacial score (nSPS) is 11.0. The van der Waals surface area contributed by atoms with Gasteiger partial charge in [-0.1, -0.05) is 6.07 Å². The van der Waals surface area contributed by atoms with E-state index in [1.54, 1.807) is 6.92 Å². The highest BCUT2D eigenvalue weighted by Gasteiger charge is 2.30. The molecule has 0 spiro atoms. The summed E-state index contributed by atoms with van der Waals surface area (Å²) in [5.74, 6) is -0.513. The van der Waals surface area contributed by atoms with Crippen LogP contribution in [0, 0.1) is 0 Å². The van der Waals surface area contributed by atoms with Crippen molar-refractivity contribution in [2.24, 2.45) is 0 Å². The van der Waals surface area contributed by atoms with Crippen LogP contribution in [0.1, 0.15) is 23.0 Å². The molecule has 8 nitrogen and oxygen atoms in total. The van der Waals surface area contributed by atoms with E-state index in [4.69, 9.17) is 4.74 Å². The third-order valence-corrected chi connectivity index (χ3v) is 3.51. The molecular weight excluding hydrogens is 381 g/mol. The van der Waals surface area contributed by atoms with Gasteiger partial charge in [-0.25, -0.2) is 9.48 Å². The number of amides is 2. The topological polar surface area (TPSA) is 94.5 Å². The zero-order chi connectivity index (χ0) is 20.7. The molecule has 0 aliphatic heterocycles. The number of alkyl halides is 3. The summed E-state index contributed by atoms with van der Waals surface area (Å²) in [6, 6.07) is 4.52. The van der Waals surface area contributed by atoms with Gasteiger partial charge in [0, 0.05) is 13.1 Å². The van der Waals surface area contributed by atoms with Crippen molar-refractivity contribution in [2.45, 2.75) is 13.1 Å². The number of nitrogens with zero attached hydrogens (tertiary/aromatic N) is 2. The molecule has 0 unspecified atom stereocenters. The van der Waals surface area contributed by atoms with Crippen molar-refractivity contribution in [1.82, 2.24) is 20.4 Å². The number of alkyl carbamates (subject to hydrolysis) is 1. The summed E-state index contributed by atoms with van der Waals surface area (Å²) in [5, 5.41) is 8.98. The Labute approximate surface area is 158 Å². The zero-order valence-corrected chi connectivity index (χ0v) is 15.2. The maximum absolute atomic E-state index is 12.9. The third kappa shape index (κ3) is 5.38. The molecule has 0 radical (unpaired) electrons. The molecule has 0 bridgehead atoms. The minimum atomic E-state index is -4.50. The summed E-state index contributed by atoms with van der Waals surface area (Å²) < 4.78 is 49.5. The molecule has 1 aromatic heterocycles. The van der Waals surface area contributed by atoms with Gasteiger partial charge in [0.05, 0.1) is 31.2 Å². The van der Waals surface area contributed by atoms with Crippen molar-refractivity contribution in [3.63, 3.8) is 0 Å². The second-order valence-electron chi connectivity index (χ2n) is 5.44. The number of nitrogens with one attached hydrogen (secondary N) is 2. The van der Waals surface area contributed by atoms with E-state index in [9.17, 15) is 22.8 Å². The van der Waals surface area contributed by atoms with Gasteiger partial charge in [0.25, 0.3) is 5.91 Å². The number of halogens is 3. The van der Waals surface area contributed by atoms with Crippen LogP contribution < -0.4 is 15.4 Å². The van der Waals surface area contributed by atoms with E-state index in [1.165, 1.54) is 25.4 Å². The summed E-state index contributed by atoms with van der Waals surface area (Å²) in [5.41, 5.74) is -0.817. The summed E-state index contributed by atoms with van der Waals surface area (Å²) >= 11 is 0. The lowest BCUT2D eigenvalue weighted by atomic mass is 10.2. The highest BCUT2D eigenvalue weighted by Crippen LogP contribution is 2.30. The Morgan fingerprint density at radius 3 is 2.57 bits per heavy atom. The van der Waals surface area contributed by atoms with Gasteiger partial charge in [0.2, 0.25) is 0 Å². The van der Waals surface area contributed by atoms with E-state index in [0.717, 1.165) is 16.8 Å². The van der Waals surface area contributed by atoms with Crippen molar-refractivity contribution < 1.29 is 32.2 Å². The molecule has 0 aliphatic carbocycles. The maximum atomic E-state index is 12.9. The first-order chi connectivity index (χ1) is 13.3. The second kappa shape index (κ2) is 9.11. The summed E-state index contributed by atoms with van der Waals surface area (Å²) in [6.45, 7) is 2.11. The van der Waals surface area contributed by atoms with Crippen LogP contribution in [0.4, 0.5) is 18.0 Å². The van der Waals surface area contributed by atoms with Gasteiger partial charge in [-0.05, 0) is 25.1 Å². The fraction of sp³-hybridized carbons (Fsp3) is 0.353. The van der Waals surface area contributed by atoms with Crippen molar-refractivity contribution in [3.05, 3.63) is 41.7 Å². The van der Waals surface area contributed by atoms with Gasteiger partial charge >= 0.3 is 12.3 Å². The van der Waals surface area contributed by atoms with E-state index < -0.39 is 23.7 Å². The molecule has 2 N–H and O–H groups in total. The lowest BCUT2D eigenvalue weighted by molar-refractivity contribution is -0.137. The molecule has 11 heteroatoms. The van der Waals surface area contributed by atoms with Gasteiger partial charge in [-0.15, -0.1) is 0 Å². The zero-order valence-electron chi connectivity index (χ0n) is 15.2. The molecule has 0 aliphatic rings. The highest BCUT2D eigenvalue weighted by atomic mass is 19.4. The van der Waals surface area contributed by atoms with Crippen molar-refractivity contribution in [2.75, 3.05) is 26.8 Å². The van der Waals surface area contributed by atoms with Gasteiger partial charge < -0.3 is 20.1 Å². The number of aromatic nitrogens is 2. The largest absolute Gasteiger partial charge is 0.493 e. The quantitative estimate of drug-likeness (QED) is 0.696. The molecule has 2 aromatic rings. The first-order valence-corrected chi connectivity index (χ1v) is 8.26. The standard InChI is InChI=1S/C17H19F3N4O4/c1-3-28-16(26)22-8-7-21-15(25)14-13(27-2)10-24(23-14)12-6-4-5-11(9-12)17(18,19)20/h4-6,9-10H,3,7-8H2,1-2H3,(H,21,25)(H,22,26). The van der Waals surface area contributed by atoms with Crippen LogP contribution in [-0.2, 0) is 10.9 Å². The predicted octanol–water partition coefficient (Wildman–Crippen LogP) is 2.38. The van der Waals surface area contributed by atoms with Gasteiger partial charge in [0.1, 0.15) is 0 Å². The predicted molar refractivity (Wildman–Crippen MR) is 92.5 cm³/mol. The summed E-state index contributed by atoms with van der Waals surface area (Å²) in [6.07, 6.45) is -3.80. The third-order valence-electron chi connectivity index (χ3n) is 3.51. The number of carbonyl (C=O) groups is 2. The molecule has 1 heterocycles. The Morgan fingerprint density at radius 2 is 1.93 bits per heavy atom. The summed E-state index contributed by atoms with van der Waals surface area (Å²) in [4.78, 5) is 23.4. The Balaban J connectivity index is 2.10. The lowest BCUT2D eigenvalue weighted by Gasteiger charge is -2.08. The number of hydrogen-bond donors (Lipinski definition) is 2. The Hall–Kier alpha value is -3.24. The van der Waals surface area contributed by atoms with Gasteiger partial charge in [0.15, 0.2) is 11.4 Å². The monoisotopic (exact) mass is 400 g/mol. The number of carbonyl (C=O) groups excluding carboxylic acids is 2. The fourth-order valence-corrected chi connectivity index (χ4v) is 2.23. The van der Waals surface area contributed by atoms with Crippen LogP contribution in [0.15, 0.2) is 30.5 Å². The number of benzene rings is 1. The average Bonchev–Trinajstić information content (AvgIpc) is 3.09. The minimum Gasteiger partial charge on any atom is -0.493 e. The van der Waals surface area contributed by atoms with E-state index in [1.807, 2.05) is 0 Å². The van der Waals surface area contributed by atoms with E-state index in [-0.39, 0.29) is 36.8 Å². The van der Waals surface area contributed by atoms with E-state index >= 15 is 0 Å². The highest BCUT2D eigenvalue weighted by molar-refractivity contribution is 5.95. The van der Waals surface area contributed by atoms with Crippen LogP contribution in [0.2, 0.25) is 0 Å². The molecule has 0 fully saturated rings.